The molecule has 0 saturated carbocycles. The van der Waals surface area contributed by atoms with E-state index >= 15 is 0 Å². The number of hydrogen-bond donors (Lipinski definition) is 1. The zero-order chi connectivity index (χ0) is 14.7. The first-order chi connectivity index (χ1) is 9.52. The number of rotatable bonds is 4. The van der Waals surface area contributed by atoms with Gasteiger partial charge in [0, 0.05) is 16.1 Å². The third-order valence-electron chi connectivity index (χ3n) is 3.12. The Labute approximate surface area is 130 Å². The van der Waals surface area contributed by atoms with E-state index in [4.69, 9.17) is 11.6 Å². The zero-order valence-corrected chi connectivity index (χ0v) is 13.1. The summed E-state index contributed by atoms with van der Waals surface area (Å²) >= 11 is 9.09. The summed E-state index contributed by atoms with van der Waals surface area (Å²) in [5, 5.41) is 3.09. The summed E-state index contributed by atoms with van der Waals surface area (Å²) in [4.78, 5) is 0. The molecule has 0 fully saturated rings. The van der Waals surface area contributed by atoms with Gasteiger partial charge in [-0.3, -0.25) is 0 Å². The van der Waals surface area contributed by atoms with Gasteiger partial charge < -0.3 is 5.32 Å². The Hall–Kier alpha value is -0.970. The summed E-state index contributed by atoms with van der Waals surface area (Å²) < 4.78 is 27.9. The largest absolute Gasteiger partial charge is 0.313 e. The first kappa shape index (κ1) is 15.4. The molecular weight excluding hydrogens is 348 g/mol. The lowest BCUT2D eigenvalue weighted by atomic mass is 9.98. The predicted molar refractivity (Wildman–Crippen MR) is 81.0 cm³/mol. The van der Waals surface area contributed by atoms with Crippen LogP contribution in [0.1, 0.15) is 17.2 Å². The highest BCUT2D eigenvalue weighted by atomic mass is 79.9. The van der Waals surface area contributed by atoms with Crippen LogP contribution in [0, 0.1) is 11.6 Å². The Morgan fingerprint density at radius 2 is 2.00 bits per heavy atom. The summed E-state index contributed by atoms with van der Waals surface area (Å²) in [7, 11) is 1.74. The van der Waals surface area contributed by atoms with E-state index in [0.717, 1.165) is 5.56 Å². The van der Waals surface area contributed by atoms with Crippen LogP contribution in [0.4, 0.5) is 8.78 Å². The molecule has 0 bridgehead atoms. The Balaban J connectivity index is 2.31. The van der Waals surface area contributed by atoms with Crippen molar-refractivity contribution in [2.45, 2.75) is 12.5 Å². The van der Waals surface area contributed by atoms with Gasteiger partial charge in [-0.2, -0.15) is 0 Å². The average molecular weight is 361 g/mol. The van der Waals surface area contributed by atoms with Gasteiger partial charge in [0.2, 0.25) is 0 Å². The molecule has 0 radical (unpaired) electrons. The third kappa shape index (κ3) is 3.37. The minimum atomic E-state index is -0.461. The van der Waals surface area contributed by atoms with Gasteiger partial charge in [0.1, 0.15) is 11.6 Å². The van der Waals surface area contributed by atoms with Gasteiger partial charge >= 0.3 is 0 Å². The Kier molecular flexibility index (Phi) is 5.13. The van der Waals surface area contributed by atoms with Crippen molar-refractivity contribution in [3.05, 3.63) is 68.7 Å². The van der Waals surface area contributed by atoms with Gasteiger partial charge in [-0.25, -0.2) is 8.78 Å². The minimum absolute atomic E-state index is 0.0574. The van der Waals surface area contributed by atoms with Crippen LogP contribution in [0.2, 0.25) is 5.02 Å². The van der Waals surface area contributed by atoms with Crippen LogP contribution in [-0.4, -0.2) is 7.05 Å². The molecule has 2 rings (SSSR count). The maximum atomic E-state index is 14.2. The minimum Gasteiger partial charge on any atom is -0.313 e. The molecule has 1 nitrogen and oxygen atoms in total. The van der Waals surface area contributed by atoms with Crippen molar-refractivity contribution < 1.29 is 8.78 Å². The topological polar surface area (TPSA) is 12.0 Å². The van der Waals surface area contributed by atoms with Crippen molar-refractivity contribution in [1.82, 2.24) is 5.32 Å². The van der Waals surface area contributed by atoms with E-state index in [-0.39, 0.29) is 16.9 Å². The molecule has 2 aromatic carbocycles. The van der Waals surface area contributed by atoms with Gasteiger partial charge in [0.15, 0.2) is 0 Å². The molecule has 106 valence electrons. The summed E-state index contributed by atoms with van der Waals surface area (Å²) in [6.07, 6.45) is 0.475. The van der Waals surface area contributed by atoms with Crippen LogP contribution < -0.4 is 5.32 Å². The van der Waals surface area contributed by atoms with E-state index in [2.05, 4.69) is 21.2 Å². The Morgan fingerprint density at radius 3 is 2.65 bits per heavy atom. The van der Waals surface area contributed by atoms with E-state index in [1.165, 1.54) is 12.1 Å². The van der Waals surface area contributed by atoms with Crippen LogP contribution in [-0.2, 0) is 6.42 Å². The standard InChI is InChI=1S/C15H13BrClF2N/c1-20-13(8-9-3-2-4-10(18)7-9)11-5-6-12(16)14(17)15(11)19/h2-7,13,20H,8H2,1H3. The van der Waals surface area contributed by atoms with Crippen LogP contribution in [0.25, 0.3) is 0 Å². The van der Waals surface area contributed by atoms with Crippen LogP contribution >= 0.6 is 27.5 Å². The van der Waals surface area contributed by atoms with E-state index < -0.39 is 5.82 Å². The van der Waals surface area contributed by atoms with Gasteiger partial charge in [0.25, 0.3) is 0 Å². The molecule has 0 heterocycles. The maximum absolute atomic E-state index is 14.2. The molecule has 0 aliphatic rings. The second-order valence-corrected chi connectivity index (χ2v) is 5.67. The van der Waals surface area contributed by atoms with Crippen molar-refractivity contribution >= 4 is 27.5 Å². The molecule has 0 aliphatic heterocycles. The lowest BCUT2D eigenvalue weighted by Gasteiger charge is -2.18. The lowest BCUT2D eigenvalue weighted by Crippen LogP contribution is -2.20. The van der Waals surface area contributed by atoms with Crippen LogP contribution in [0.3, 0.4) is 0 Å². The first-order valence-corrected chi connectivity index (χ1v) is 7.25. The Bertz CT molecular complexity index is 619. The molecule has 20 heavy (non-hydrogen) atoms. The van der Waals surface area contributed by atoms with E-state index in [0.29, 0.717) is 16.5 Å². The number of halogens is 4. The van der Waals surface area contributed by atoms with Gasteiger partial charge in [0.05, 0.1) is 5.02 Å². The number of benzene rings is 2. The molecular formula is C15H13BrClF2N. The summed E-state index contributed by atoms with van der Waals surface area (Å²) in [6.45, 7) is 0. The fourth-order valence-electron chi connectivity index (χ4n) is 2.08. The molecule has 2 aromatic rings. The van der Waals surface area contributed by atoms with Crippen molar-refractivity contribution in [3.8, 4) is 0 Å². The van der Waals surface area contributed by atoms with Gasteiger partial charge in [-0.15, -0.1) is 0 Å². The third-order valence-corrected chi connectivity index (χ3v) is 4.38. The Morgan fingerprint density at radius 1 is 1.25 bits per heavy atom. The summed E-state index contributed by atoms with van der Waals surface area (Å²) in [6, 6.07) is 9.39. The molecule has 5 heteroatoms. The maximum Gasteiger partial charge on any atom is 0.147 e. The normalized spacial score (nSPS) is 12.4. The highest BCUT2D eigenvalue weighted by Crippen LogP contribution is 2.31. The van der Waals surface area contributed by atoms with Crippen molar-refractivity contribution in [2.24, 2.45) is 0 Å². The zero-order valence-electron chi connectivity index (χ0n) is 10.8. The van der Waals surface area contributed by atoms with Crippen molar-refractivity contribution in [3.63, 3.8) is 0 Å². The monoisotopic (exact) mass is 359 g/mol. The molecule has 0 saturated heterocycles. The molecule has 0 aliphatic carbocycles. The van der Waals surface area contributed by atoms with E-state index in [9.17, 15) is 8.78 Å². The van der Waals surface area contributed by atoms with Crippen molar-refractivity contribution in [1.29, 1.82) is 0 Å². The smallest absolute Gasteiger partial charge is 0.147 e. The molecule has 1 atom stereocenters. The first-order valence-electron chi connectivity index (χ1n) is 6.08. The second kappa shape index (κ2) is 6.66. The number of hydrogen-bond acceptors (Lipinski definition) is 1. The SMILES string of the molecule is CNC(Cc1cccc(F)c1)c1ccc(Br)c(Cl)c1F. The number of likely N-dealkylation sites (N-methyl/N-ethyl adjacent to an activating group) is 1. The van der Waals surface area contributed by atoms with Crippen molar-refractivity contribution in [2.75, 3.05) is 7.05 Å². The van der Waals surface area contributed by atoms with Crippen LogP contribution in [0.15, 0.2) is 40.9 Å². The summed E-state index contributed by atoms with van der Waals surface area (Å²) in [5.41, 5.74) is 1.26. The van der Waals surface area contributed by atoms with Gasteiger partial charge in [-0.05, 0) is 53.2 Å². The molecule has 0 aromatic heterocycles. The predicted octanol–water partition coefficient (Wildman–Crippen LogP) is 4.88. The van der Waals surface area contributed by atoms with Crippen LogP contribution in [0.5, 0.6) is 0 Å². The molecule has 0 spiro atoms. The highest BCUT2D eigenvalue weighted by molar-refractivity contribution is 9.10. The summed E-state index contributed by atoms with van der Waals surface area (Å²) in [5.74, 6) is -0.761. The fourth-order valence-corrected chi connectivity index (χ4v) is 2.56. The highest BCUT2D eigenvalue weighted by Gasteiger charge is 2.18. The quantitative estimate of drug-likeness (QED) is 0.766. The lowest BCUT2D eigenvalue weighted by molar-refractivity contribution is 0.532. The molecule has 1 N–H and O–H groups in total. The molecule has 1 unspecified atom stereocenters. The van der Waals surface area contributed by atoms with E-state index in [1.807, 2.05) is 6.07 Å². The number of nitrogens with one attached hydrogen (secondary N) is 1. The molecule has 0 amide bonds. The van der Waals surface area contributed by atoms with E-state index in [1.54, 1.807) is 25.2 Å². The van der Waals surface area contributed by atoms with Gasteiger partial charge in [-0.1, -0.05) is 29.8 Å². The fraction of sp³-hybridized carbons (Fsp3) is 0.200. The average Bonchev–Trinajstić information content (AvgIpc) is 2.43. The second-order valence-electron chi connectivity index (χ2n) is 4.44.